The van der Waals surface area contributed by atoms with E-state index in [0.717, 1.165) is 0 Å². The molecule has 1 fully saturated rings. The van der Waals surface area contributed by atoms with Gasteiger partial charge in [0.25, 0.3) is 5.91 Å². The Kier molecular flexibility index (Phi) is 7.97. The molecule has 3 aromatic rings. The van der Waals surface area contributed by atoms with Crippen LogP contribution in [0.1, 0.15) is 26.9 Å². The van der Waals surface area contributed by atoms with Crippen LogP contribution in [-0.4, -0.2) is 60.9 Å². The van der Waals surface area contributed by atoms with E-state index in [0.29, 0.717) is 34.8 Å². The molecule has 1 aliphatic rings. The summed E-state index contributed by atoms with van der Waals surface area (Å²) in [5, 5.41) is 7.52. The molecule has 1 aromatic heterocycles. The second-order valence-corrected chi connectivity index (χ2v) is 9.60. The molecule has 10 heteroatoms. The number of benzene rings is 2. The standard InChI is InChI=1S/C26H27FN4O4S/c1-30(2)13-12-28-25(33)22-23(35-26(34)31(22)16-17-5-3-6-19(27)15-17)18-8-10-20(11-9-18)29-24(32)21-7-4-14-36-21/h3-11,14-15,22-23H,12-13,16H2,1-2H3,(H,28,33)(H,29,32). The first kappa shape index (κ1) is 25.3. The minimum absolute atomic E-state index is 0.0216. The molecule has 0 bridgehead atoms. The van der Waals surface area contributed by atoms with Crippen molar-refractivity contribution in [3.05, 3.63) is 87.9 Å². The number of halogens is 1. The van der Waals surface area contributed by atoms with Crippen molar-refractivity contribution in [2.24, 2.45) is 0 Å². The summed E-state index contributed by atoms with van der Waals surface area (Å²) in [7, 11) is 3.79. The fourth-order valence-corrected chi connectivity index (χ4v) is 4.52. The van der Waals surface area contributed by atoms with E-state index in [2.05, 4.69) is 10.6 Å². The molecular formula is C26H27FN4O4S. The number of carbonyl (C=O) groups excluding carboxylic acids is 3. The average Bonchev–Trinajstić information content (AvgIpc) is 3.48. The van der Waals surface area contributed by atoms with Gasteiger partial charge in [0.05, 0.1) is 11.4 Å². The molecule has 2 heterocycles. The number of hydrogen-bond donors (Lipinski definition) is 2. The van der Waals surface area contributed by atoms with Crippen LogP contribution in [0.25, 0.3) is 0 Å². The van der Waals surface area contributed by atoms with Crippen LogP contribution in [0.3, 0.4) is 0 Å². The number of cyclic esters (lactones) is 1. The highest BCUT2D eigenvalue weighted by Gasteiger charge is 2.46. The largest absolute Gasteiger partial charge is 0.438 e. The van der Waals surface area contributed by atoms with Crippen molar-refractivity contribution in [1.29, 1.82) is 0 Å². The molecule has 2 unspecified atom stereocenters. The van der Waals surface area contributed by atoms with Crippen molar-refractivity contribution in [1.82, 2.24) is 15.1 Å². The Hall–Kier alpha value is -3.76. The maximum Gasteiger partial charge on any atom is 0.411 e. The molecule has 0 saturated carbocycles. The second kappa shape index (κ2) is 11.3. The van der Waals surface area contributed by atoms with Crippen LogP contribution in [-0.2, 0) is 16.1 Å². The third-order valence-corrected chi connectivity index (χ3v) is 6.56. The fourth-order valence-electron chi connectivity index (χ4n) is 3.91. The van der Waals surface area contributed by atoms with Crippen molar-refractivity contribution in [2.45, 2.75) is 18.7 Å². The molecule has 4 rings (SSSR count). The van der Waals surface area contributed by atoms with Gasteiger partial charge in [0.2, 0.25) is 5.91 Å². The van der Waals surface area contributed by atoms with E-state index >= 15 is 0 Å². The van der Waals surface area contributed by atoms with Gasteiger partial charge in [-0.3, -0.25) is 14.5 Å². The average molecular weight is 511 g/mol. The molecule has 2 aromatic carbocycles. The summed E-state index contributed by atoms with van der Waals surface area (Å²) in [4.78, 5) is 42.3. The Morgan fingerprint density at radius 3 is 2.56 bits per heavy atom. The van der Waals surface area contributed by atoms with E-state index < -0.39 is 24.1 Å². The zero-order chi connectivity index (χ0) is 25.7. The summed E-state index contributed by atoms with van der Waals surface area (Å²) < 4.78 is 19.4. The number of ether oxygens (including phenoxy) is 1. The first-order valence-corrected chi connectivity index (χ1v) is 12.3. The van der Waals surface area contributed by atoms with Crippen LogP contribution in [0, 0.1) is 5.82 Å². The number of likely N-dealkylation sites (N-methyl/N-ethyl adjacent to an activating group) is 1. The van der Waals surface area contributed by atoms with E-state index in [4.69, 9.17) is 4.74 Å². The molecule has 1 saturated heterocycles. The highest BCUT2D eigenvalue weighted by atomic mass is 32.1. The van der Waals surface area contributed by atoms with Gasteiger partial charge in [-0.25, -0.2) is 9.18 Å². The van der Waals surface area contributed by atoms with Gasteiger partial charge in [0, 0.05) is 18.8 Å². The number of nitrogens with zero attached hydrogens (tertiary/aromatic N) is 2. The summed E-state index contributed by atoms with van der Waals surface area (Å²) in [6.07, 6.45) is -1.53. The van der Waals surface area contributed by atoms with Crippen LogP contribution in [0.15, 0.2) is 66.0 Å². The molecular weight excluding hydrogens is 483 g/mol. The van der Waals surface area contributed by atoms with Gasteiger partial charge < -0.3 is 20.3 Å². The molecule has 2 N–H and O–H groups in total. The summed E-state index contributed by atoms with van der Waals surface area (Å²) in [6, 6.07) is 15.3. The number of nitrogens with one attached hydrogen (secondary N) is 2. The number of thiophene rings is 1. The third kappa shape index (κ3) is 6.07. The lowest BCUT2D eigenvalue weighted by atomic mass is 10.00. The van der Waals surface area contributed by atoms with E-state index in [-0.39, 0.29) is 18.4 Å². The highest BCUT2D eigenvalue weighted by Crippen LogP contribution is 2.34. The van der Waals surface area contributed by atoms with Gasteiger partial charge in [-0.1, -0.05) is 30.3 Å². The summed E-state index contributed by atoms with van der Waals surface area (Å²) in [6.45, 7) is 1.04. The summed E-state index contributed by atoms with van der Waals surface area (Å²) in [5.41, 5.74) is 1.72. The number of amides is 3. The minimum atomic E-state index is -0.950. The maximum atomic E-state index is 13.7. The van der Waals surface area contributed by atoms with Gasteiger partial charge in [-0.15, -0.1) is 11.3 Å². The highest BCUT2D eigenvalue weighted by molar-refractivity contribution is 7.12. The lowest BCUT2D eigenvalue weighted by molar-refractivity contribution is -0.126. The molecule has 0 aliphatic carbocycles. The molecule has 36 heavy (non-hydrogen) atoms. The zero-order valence-corrected chi connectivity index (χ0v) is 20.8. The van der Waals surface area contributed by atoms with Crippen molar-refractivity contribution in [3.63, 3.8) is 0 Å². The van der Waals surface area contributed by atoms with Crippen molar-refractivity contribution in [3.8, 4) is 0 Å². The van der Waals surface area contributed by atoms with Crippen molar-refractivity contribution in [2.75, 3.05) is 32.5 Å². The summed E-state index contributed by atoms with van der Waals surface area (Å²) >= 11 is 1.34. The molecule has 188 valence electrons. The number of carbonyl (C=O) groups is 3. The van der Waals surface area contributed by atoms with Crippen LogP contribution < -0.4 is 10.6 Å². The van der Waals surface area contributed by atoms with Gasteiger partial charge in [-0.2, -0.15) is 0 Å². The Bertz CT molecular complexity index is 1220. The Morgan fingerprint density at radius 1 is 1.11 bits per heavy atom. The fraction of sp³-hybridized carbons (Fsp3) is 0.269. The van der Waals surface area contributed by atoms with Crippen LogP contribution in [0.4, 0.5) is 14.9 Å². The Labute approximate surface area is 212 Å². The van der Waals surface area contributed by atoms with E-state index in [9.17, 15) is 18.8 Å². The predicted molar refractivity (Wildman–Crippen MR) is 135 cm³/mol. The third-order valence-electron chi connectivity index (χ3n) is 5.70. The first-order chi connectivity index (χ1) is 17.3. The molecule has 0 spiro atoms. The van der Waals surface area contributed by atoms with E-state index in [1.165, 1.54) is 28.4 Å². The predicted octanol–water partition coefficient (Wildman–Crippen LogP) is 3.88. The monoisotopic (exact) mass is 510 g/mol. The number of rotatable bonds is 9. The van der Waals surface area contributed by atoms with Crippen molar-refractivity contribution < 1.29 is 23.5 Å². The van der Waals surface area contributed by atoms with Crippen LogP contribution >= 0.6 is 11.3 Å². The van der Waals surface area contributed by atoms with Crippen LogP contribution in [0.2, 0.25) is 0 Å². The molecule has 1 aliphatic heterocycles. The lowest BCUT2D eigenvalue weighted by Gasteiger charge is -2.24. The van der Waals surface area contributed by atoms with E-state index in [1.807, 2.05) is 24.4 Å². The zero-order valence-electron chi connectivity index (χ0n) is 19.9. The number of anilines is 1. The van der Waals surface area contributed by atoms with Gasteiger partial charge in [0.1, 0.15) is 5.82 Å². The SMILES string of the molecule is CN(C)CCNC(=O)C1C(c2ccc(NC(=O)c3cccs3)cc2)OC(=O)N1Cc1cccc(F)c1. The minimum Gasteiger partial charge on any atom is -0.438 e. The Morgan fingerprint density at radius 2 is 1.89 bits per heavy atom. The summed E-state index contributed by atoms with van der Waals surface area (Å²) in [5.74, 6) is -1.01. The Balaban J connectivity index is 1.54. The molecule has 8 nitrogen and oxygen atoms in total. The molecule has 0 radical (unpaired) electrons. The quantitative estimate of drug-likeness (QED) is 0.456. The smallest absolute Gasteiger partial charge is 0.411 e. The maximum absolute atomic E-state index is 13.7. The van der Waals surface area contributed by atoms with Gasteiger partial charge in [0.15, 0.2) is 12.1 Å². The van der Waals surface area contributed by atoms with E-state index in [1.54, 1.807) is 48.5 Å². The number of hydrogen-bond acceptors (Lipinski definition) is 6. The lowest BCUT2D eigenvalue weighted by Crippen LogP contribution is -2.47. The van der Waals surface area contributed by atoms with Gasteiger partial charge >= 0.3 is 6.09 Å². The van der Waals surface area contributed by atoms with Gasteiger partial charge in [-0.05, 0) is 60.9 Å². The normalized spacial score (nSPS) is 17.2. The molecule has 3 amide bonds. The first-order valence-electron chi connectivity index (χ1n) is 11.4. The second-order valence-electron chi connectivity index (χ2n) is 8.65. The van der Waals surface area contributed by atoms with Crippen molar-refractivity contribution >= 4 is 34.9 Å². The molecule has 2 atom stereocenters. The van der Waals surface area contributed by atoms with Crippen LogP contribution in [0.5, 0.6) is 0 Å². The topological polar surface area (TPSA) is 91.0 Å².